The van der Waals surface area contributed by atoms with Gasteiger partial charge in [-0.3, -0.25) is 4.79 Å². The molecule has 0 aliphatic carbocycles. The van der Waals surface area contributed by atoms with E-state index in [-0.39, 0.29) is 0 Å². The zero-order valence-corrected chi connectivity index (χ0v) is 10.8. The smallest absolute Gasteiger partial charge is 0.346 e. The molecule has 1 amide bonds. The van der Waals surface area contributed by atoms with Gasteiger partial charge in [0.2, 0.25) is 5.91 Å². The number of aromatic nitrogens is 2. The van der Waals surface area contributed by atoms with E-state index in [2.05, 4.69) is 9.97 Å². The van der Waals surface area contributed by atoms with Gasteiger partial charge in [-0.05, 0) is 13.3 Å². The predicted molar refractivity (Wildman–Crippen MR) is 62.3 cm³/mol. The normalized spacial score (nSPS) is 13.4. The average Bonchev–Trinajstić information content (AvgIpc) is 2.72. The number of H-pyrrole nitrogens is 1. The minimum atomic E-state index is -4.39. The van der Waals surface area contributed by atoms with Crippen LogP contribution in [0.15, 0.2) is 11.4 Å². The number of carbonyl (C=O) groups is 1. The van der Waals surface area contributed by atoms with E-state index in [1.807, 2.05) is 12.2 Å². The third-order valence-electron chi connectivity index (χ3n) is 2.11. The number of nitrogens with zero attached hydrogens (tertiary/aromatic N) is 1. The number of aryl methyl sites for hydroxylation is 1. The van der Waals surface area contributed by atoms with Gasteiger partial charge >= 0.3 is 6.18 Å². The molecule has 1 unspecified atom stereocenters. The molecule has 1 heterocycles. The van der Waals surface area contributed by atoms with Crippen molar-refractivity contribution in [2.75, 3.05) is 6.54 Å². The van der Waals surface area contributed by atoms with E-state index in [0.717, 1.165) is 23.9 Å². The van der Waals surface area contributed by atoms with E-state index in [4.69, 9.17) is 0 Å². The van der Waals surface area contributed by atoms with Crippen LogP contribution in [0, 0.1) is 0 Å². The van der Waals surface area contributed by atoms with Gasteiger partial charge in [-0.2, -0.15) is 13.2 Å². The highest BCUT2D eigenvalue weighted by atomic mass is 32.2. The second kappa shape index (κ2) is 6.12. The second-order valence-corrected chi connectivity index (χ2v) is 4.99. The Labute approximate surface area is 107 Å². The minimum Gasteiger partial charge on any atom is -0.346 e. The summed E-state index contributed by atoms with van der Waals surface area (Å²) in [4.78, 5) is 18.4. The van der Waals surface area contributed by atoms with E-state index in [1.165, 1.54) is 6.92 Å². The van der Waals surface area contributed by atoms with Crippen molar-refractivity contribution in [2.45, 2.75) is 36.9 Å². The number of rotatable bonds is 5. The van der Waals surface area contributed by atoms with Gasteiger partial charge in [0.15, 0.2) is 5.16 Å². The first-order valence-electron chi connectivity index (χ1n) is 5.37. The van der Waals surface area contributed by atoms with Gasteiger partial charge in [-0.1, -0.05) is 18.7 Å². The van der Waals surface area contributed by atoms with Gasteiger partial charge in [-0.15, -0.1) is 0 Å². The molecule has 2 N–H and O–H groups in total. The molecule has 102 valence electrons. The van der Waals surface area contributed by atoms with Crippen molar-refractivity contribution in [3.05, 3.63) is 11.9 Å². The SMILES string of the molecule is CCc1cnc(SC(C)C(=O)NCC(F)(F)F)[nH]1. The standard InChI is InChI=1S/C10H14F3N3OS/c1-3-7-4-14-9(16-7)18-6(2)8(17)15-5-10(11,12)13/h4,6H,3,5H2,1-2H3,(H,14,16)(H,15,17). The zero-order valence-electron chi connectivity index (χ0n) is 9.97. The first-order valence-corrected chi connectivity index (χ1v) is 6.24. The maximum Gasteiger partial charge on any atom is 0.405 e. The molecule has 4 nitrogen and oxygen atoms in total. The van der Waals surface area contributed by atoms with Gasteiger partial charge in [0, 0.05) is 11.9 Å². The summed E-state index contributed by atoms with van der Waals surface area (Å²) >= 11 is 1.09. The zero-order chi connectivity index (χ0) is 13.8. The van der Waals surface area contributed by atoms with Crippen molar-refractivity contribution < 1.29 is 18.0 Å². The molecule has 0 spiro atoms. The number of hydrogen-bond donors (Lipinski definition) is 2. The van der Waals surface area contributed by atoms with Gasteiger partial charge in [0.05, 0.1) is 5.25 Å². The van der Waals surface area contributed by atoms with E-state index < -0.39 is 23.9 Å². The van der Waals surface area contributed by atoms with Crippen LogP contribution >= 0.6 is 11.8 Å². The molecule has 0 radical (unpaired) electrons. The summed E-state index contributed by atoms with van der Waals surface area (Å²) in [5.41, 5.74) is 0.917. The monoisotopic (exact) mass is 281 g/mol. The number of hydrogen-bond acceptors (Lipinski definition) is 3. The molecule has 1 rings (SSSR count). The van der Waals surface area contributed by atoms with Crippen molar-refractivity contribution in [1.29, 1.82) is 0 Å². The highest BCUT2D eigenvalue weighted by Crippen LogP contribution is 2.20. The number of halogens is 3. The van der Waals surface area contributed by atoms with Crippen LogP contribution in [0.5, 0.6) is 0 Å². The fourth-order valence-corrected chi connectivity index (χ4v) is 1.96. The lowest BCUT2D eigenvalue weighted by atomic mass is 10.4. The van der Waals surface area contributed by atoms with E-state index in [0.29, 0.717) is 5.16 Å². The average molecular weight is 281 g/mol. The Kier molecular flexibility index (Phi) is 5.06. The Morgan fingerprint density at radius 3 is 2.78 bits per heavy atom. The van der Waals surface area contributed by atoms with Gasteiger partial charge in [-0.25, -0.2) is 4.98 Å². The number of nitrogens with one attached hydrogen (secondary N) is 2. The van der Waals surface area contributed by atoms with Crippen molar-refractivity contribution >= 4 is 17.7 Å². The molecule has 0 fully saturated rings. The Morgan fingerprint density at radius 2 is 2.28 bits per heavy atom. The molecule has 0 aliphatic rings. The molecule has 0 bridgehead atoms. The van der Waals surface area contributed by atoms with Crippen LogP contribution < -0.4 is 5.32 Å². The third-order valence-corrected chi connectivity index (χ3v) is 3.11. The van der Waals surface area contributed by atoms with Crippen molar-refractivity contribution in [3.63, 3.8) is 0 Å². The van der Waals surface area contributed by atoms with Gasteiger partial charge in [0.25, 0.3) is 0 Å². The first-order chi connectivity index (χ1) is 8.31. The molecule has 1 aromatic heterocycles. The fraction of sp³-hybridized carbons (Fsp3) is 0.600. The summed E-state index contributed by atoms with van der Waals surface area (Å²) < 4.78 is 35.7. The summed E-state index contributed by atoms with van der Waals surface area (Å²) in [7, 11) is 0. The highest BCUT2D eigenvalue weighted by Gasteiger charge is 2.29. The second-order valence-electron chi connectivity index (χ2n) is 3.66. The van der Waals surface area contributed by atoms with E-state index >= 15 is 0 Å². The van der Waals surface area contributed by atoms with Crippen LogP contribution in [0.3, 0.4) is 0 Å². The van der Waals surface area contributed by atoms with Crippen molar-refractivity contribution in [2.24, 2.45) is 0 Å². The largest absolute Gasteiger partial charge is 0.405 e. The fourth-order valence-electron chi connectivity index (χ4n) is 1.13. The highest BCUT2D eigenvalue weighted by molar-refractivity contribution is 8.00. The lowest BCUT2D eigenvalue weighted by molar-refractivity contribution is -0.137. The van der Waals surface area contributed by atoms with Crippen molar-refractivity contribution in [1.82, 2.24) is 15.3 Å². The lowest BCUT2D eigenvalue weighted by Gasteiger charge is -2.12. The van der Waals surface area contributed by atoms with Crippen LogP contribution in [0.4, 0.5) is 13.2 Å². The molecule has 1 aromatic rings. The molecule has 1 atom stereocenters. The lowest BCUT2D eigenvalue weighted by Crippen LogP contribution is -2.38. The van der Waals surface area contributed by atoms with Crippen LogP contribution in [-0.4, -0.2) is 33.8 Å². The Balaban J connectivity index is 2.44. The van der Waals surface area contributed by atoms with Crippen molar-refractivity contribution in [3.8, 4) is 0 Å². The minimum absolute atomic E-state index is 0.529. The quantitative estimate of drug-likeness (QED) is 0.813. The predicted octanol–water partition coefficient (Wildman–Crippen LogP) is 2.13. The molecule has 0 saturated heterocycles. The number of imidazole rings is 1. The maximum atomic E-state index is 11.9. The van der Waals surface area contributed by atoms with Gasteiger partial charge < -0.3 is 10.3 Å². The third kappa shape index (κ3) is 4.99. The summed E-state index contributed by atoms with van der Waals surface area (Å²) in [6.45, 7) is 2.17. The Bertz CT molecular complexity index is 405. The summed E-state index contributed by atoms with van der Waals surface area (Å²) in [6.07, 6.45) is -1.97. The van der Waals surface area contributed by atoms with Gasteiger partial charge in [0.1, 0.15) is 6.54 Å². The molecule has 0 aliphatic heterocycles. The Morgan fingerprint density at radius 1 is 1.61 bits per heavy atom. The molecule has 8 heteroatoms. The number of amides is 1. The number of alkyl halides is 3. The molecular weight excluding hydrogens is 267 g/mol. The summed E-state index contributed by atoms with van der Waals surface area (Å²) in [5.74, 6) is -0.660. The first kappa shape index (κ1) is 14.9. The number of thioether (sulfide) groups is 1. The van der Waals surface area contributed by atoms with Crippen LogP contribution in [0.1, 0.15) is 19.5 Å². The van der Waals surface area contributed by atoms with Crippen LogP contribution in [0.25, 0.3) is 0 Å². The number of aromatic amines is 1. The summed E-state index contributed by atoms with van der Waals surface area (Å²) in [6, 6.07) is 0. The molecule has 0 aromatic carbocycles. The number of carbonyl (C=O) groups excluding carboxylic acids is 1. The van der Waals surface area contributed by atoms with Crippen LogP contribution in [-0.2, 0) is 11.2 Å². The topological polar surface area (TPSA) is 57.8 Å². The molecule has 0 saturated carbocycles. The van der Waals surface area contributed by atoms with E-state index in [1.54, 1.807) is 6.20 Å². The maximum absolute atomic E-state index is 11.9. The van der Waals surface area contributed by atoms with Crippen LogP contribution in [0.2, 0.25) is 0 Å². The summed E-state index contributed by atoms with van der Waals surface area (Å²) in [5, 5.41) is 1.73. The Hall–Kier alpha value is -1.18. The van der Waals surface area contributed by atoms with E-state index in [9.17, 15) is 18.0 Å². The molecule has 18 heavy (non-hydrogen) atoms. The molecular formula is C10H14F3N3OS.